The zero-order chi connectivity index (χ0) is 22.5. The van der Waals surface area contributed by atoms with Crippen LogP contribution in [0.5, 0.6) is 5.75 Å². The van der Waals surface area contributed by atoms with E-state index in [-0.39, 0.29) is 34.7 Å². The van der Waals surface area contributed by atoms with Gasteiger partial charge in [-0.15, -0.1) is 0 Å². The molecule has 1 fully saturated rings. The molecule has 2 aliphatic carbocycles. The van der Waals surface area contributed by atoms with E-state index in [0.29, 0.717) is 15.5 Å². The van der Waals surface area contributed by atoms with Gasteiger partial charge in [-0.25, -0.2) is 13.1 Å². The van der Waals surface area contributed by atoms with Gasteiger partial charge in [-0.3, -0.25) is 0 Å². The molecule has 0 bridgehead atoms. The first-order chi connectivity index (χ1) is 15.3. The van der Waals surface area contributed by atoms with Crippen LogP contribution >= 0.6 is 23.2 Å². The first-order valence-electron chi connectivity index (χ1n) is 11.1. The van der Waals surface area contributed by atoms with Gasteiger partial charge in [0.05, 0.1) is 16.0 Å². The minimum absolute atomic E-state index is 0.0157. The van der Waals surface area contributed by atoms with Crippen molar-refractivity contribution in [2.24, 2.45) is 5.92 Å². The summed E-state index contributed by atoms with van der Waals surface area (Å²) in [6.45, 7) is 0. The fraction of sp³-hybridized carbons (Fsp3) is 0.417. The highest BCUT2D eigenvalue weighted by molar-refractivity contribution is 7.89. The first-order valence-corrected chi connectivity index (χ1v) is 13.3. The average Bonchev–Trinajstić information content (AvgIpc) is 3.26. The van der Waals surface area contributed by atoms with E-state index >= 15 is 0 Å². The van der Waals surface area contributed by atoms with Gasteiger partial charge >= 0.3 is 0 Å². The number of rotatable bonds is 4. The molecule has 170 valence electrons. The third kappa shape index (κ3) is 4.03. The molecule has 0 spiro atoms. The number of phenolic OH excluding ortho intramolecular Hbond substituents is 1. The fourth-order valence-electron chi connectivity index (χ4n) is 5.38. The predicted octanol–water partition coefficient (Wildman–Crippen LogP) is 6.14. The molecule has 0 radical (unpaired) electrons. The molecule has 1 aliphatic heterocycles. The molecule has 3 atom stereocenters. The Hall–Kier alpha value is -1.73. The zero-order valence-corrected chi connectivity index (χ0v) is 19.8. The summed E-state index contributed by atoms with van der Waals surface area (Å²) in [6, 6.07) is 8.36. The molecule has 5 nitrogen and oxygen atoms in total. The van der Waals surface area contributed by atoms with Crippen molar-refractivity contribution in [1.29, 1.82) is 0 Å². The van der Waals surface area contributed by atoms with Crippen molar-refractivity contribution in [3.8, 4) is 5.75 Å². The maximum Gasteiger partial charge on any atom is 0.240 e. The van der Waals surface area contributed by atoms with E-state index in [2.05, 4.69) is 22.2 Å². The van der Waals surface area contributed by atoms with E-state index in [4.69, 9.17) is 23.2 Å². The number of benzene rings is 2. The molecule has 1 heterocycles. The highest BCUT2D eigenvalue weighted by atomic mass is 35.5. The van der Waals surface area contributed by atoms with Crippen LogP contribution < -0.4 is 10.0 Å². The van der Waals surface area contributed by atoms with Crippen LogP contribution in [0.25, 0.3) is 0 Å². The molecule has 3 aliphatic rings. The Morgan fingerprint density at radius 1 is 1.03 bits per heavy atom. The number of aromatic hydroxyl groups is 1. The second-order valence-electron chi connectivity index (χ2n) is 9.01. The van der Waals surface area contributed by atoms with Gasteiger partial charge in [0.2, 0.25) is 10.0 Å². The molecule has 0 saturated heterocycles. The van der Waals surface area contributed by atoms with E-state index < -0.39 is 10.0 Å². The van der Waals surface area contributed by atoms with Crippen molar-refractivity contribution >= 4 is 38.9 Å². The number of sulfonamides is 1. The minimum atomic E-state index is -3.58. The molecule has 32 heavy (non-hydrogen) atoms. The van der Waals surface area contributed by atoms with Crippen molar-refractivity contribution in [3.63, 3.8) is 0 Å². The Balaban J connectivity index is 1.49. The van der Waals surface area contributed by atoms with Crippen LogP contribution in [0.3, 0.4) is 0 Å². The minimum Gasteiger partial charge on any atom is -0.506 e. The third-order valence-electron chi connectivity index (χ3n) is 6.96. The predicted molar refractivity (Wildman–Crippen MR) is 128 cm³/mol. The van der Waals surface area contributed by atoms with E-state index in [1.54, 1.807) is 18.2 Å². The van der Waals surface area contributed by atoms with Gasteiger partial charge in [0, 0.05) is 28.2 Å². The molecule has 0 amide bonds. The average molecular weight is 493 g/mol. The second-order valence-corrected chi connectivity index (χ2v) is 11.6. The molecular weight excluding hydrogens is 467 g/mol. The Morgan fingerprint density at radius 3 is 2.59 bits per heavy atom. The monoisotopic (exact) mass is 492 g/mol. The summed E-state index contributed by atoms with van der Waals surface area (Å²) < 4.78 is 29.0. The van der Waals surface area contributed by atoms with E-state index in [1.165, 1.54) is 12.5 Å². The lowest BCUT2D eigenvalue weighted by atomic mass is 9.77. The largest absolute Gasteiger partial charge is 0.506 e. The van der Waals surface area contributed by atoms with Crippen molar-refractivity contribution in [3.05, 3.63) is 63.7 Å². The number of nitrogens with one attached hydrogen (secondary N) is 2. The van der Waals surface area contributed by atoms with Crippen molar-refractivity contribution in [1.82, 2.24) is 4.72 Å². The standard InChI is InChI=1S/C24H26Cl2N2O3S/c25-14-11-20(24(29)21(26)12-14)23-18-8-4-7-17(18)19-13-16(9-10-22(19)27-23)32(30,31)28-15-5-2-1-3-6-15/h4,7,9-13,15,17-18,23,27-29H,1-3,5-6,8H2. The van der Waals surface area contributed by atoms with Crippen molar-refractivity contribution in [2.75, 3.05) is 5.32 Å². The normalized spacial score (nSPS) is 25.2. The maximum atomic E-state index is 13.1. The van der Waals surface area contributed by atoms with E-state index in [9.17, 15) is 13.5 Å². The molecule has 2 aromatic rings. The second kappa shape index (κ2) is 8.56. The smallest absolute Gasteiger partial charge is 0.240 e. The Bertz CT molecular complexity index is 1180. The van der Waals surface area contributed by atoms with Crippen LogP contribution in [0.4, 0.5) is 5.69 Å². The SMILES string of the molecule is O=S(=O)(NC1CCCCC1)c1ccc2c(c1)C1C=CCC1C(c1cc(Cl)cc(Cl)c1O)N2. The summed E-state index contributed by atoms with van der Waals surface area (Å²) in [5.74, 6) is 0.184. The number of allylic oxidation sites excluding steroid dienone is 2. The molecular formula is C24H26Cl2N2O3S. The number of halogens is 2. The number of hydrogen-bond donors (Lipinski definition) is 3. The van der Waals surface area contributed by atoms with Gasteiger partial charge in [-0.1, -0.05) is 54.6 Å². The first kappa shape index (κ1) is 22.1. The van der Waals surface area contributed by atoms with Crippen LogP contribution in [-0.2, 0) is 10.0 Å². The van der Waals surface area contributed by atoms with Gasteiger partial charge in [0.15, 0.2) is 0 Å². The fourth-order valence-corrected chi connectivity index (χ4v) is 7.23. The topological polar surface area (TPSA) is 78.4 Å². The van der Waals surface area contributed by atoms with Gasteiger partial charge in [0.25, 0.3) is 0 Å². The summed E-state index contributed by atoms with van der Waals surface area (Å²) >= 11 is 12.4. The third-order valence-corrected chi connectivity index (χ3v) is 8.99. The molecule has 2 aromatic carbocycles. The lowest BCUT2D eigenvalue weighted by Crippen LogP contribution is -2.36. The molecule has 3 N–H and O–H groups in total. The Kier molecular flexibility index (Phi) is 5.91. The van der Waals surface area contributed by atoms with Crippen LogP contribution in [-0.4, -0.2) is 19.6 Å². The molecule has 8 heteroatoms. The summed E-state index contributed by atoms with van der Waals surface area (Å²) in [7, 11) is -3.58. The lowest BCUT2D eigenvalue weighted by molar-refractivity contribution is 0.402. The zero-order valence-electron chi connectivity index (χ0n) is 17.5. The quantitative estimate of drug-likeness (QED) is 0.448. The highest BCUT2D eigenvalue weighted by Crippen LogP contribution is 2.52. The summed E-state index contributed by atoms with van der Waals surface area (Å²) in [5, 5.41) is 14.8. The van der Waals surface area contributed by atoms with Gasteiger partial charge in [0.1, 0.15) is 5.75 Å². The van der Waals surface area contributed by atoms with Gasteiger partial charge < -0.3 is 10.4 Å². The summed E-state index contributed by atoms with van der Waals surface area (Å²) in [6.07, 6.45) is 10.2. The Morgan fingerprint density at radius 2 is 1.81 bits per heavy atom. The number of hydrogen-bond acceptors (Lipinski definition) is 4. The van der Waals surface area contributed by atoms with Crippen LogP contribution in [0.1, 0.15) is 61.6 Å². The van der Waals surface area contributed by atoms with Crippen LogP contribution in [0, 0.1) is 5.92 Å². The van der Waals surface area contributed by atoms with E-state index in [1.807, 2.05) is 6.07 Å². The molecule has 1 saturated carbocycles. The molecule has 0 aromatic heterocycles. The maximum absolute atomic E-state index is 13.1. The lowest BCUT2D eigenvalue weighted by Gasteiger charge is -2.38. The van der Waals surface area contributed by atoms with Crippen molar-refractivity contribution < 1.29 is 13.5 Å². The molecule has 3 unspecified atom stereocenters. The summed E-state index contributed by atoms with van der Waals surface area (Å²) in [5.41, 5.74) is 2.47. The Labute approximate surface area is 198 Å². The number of fused-ring (bicyclic) bond motifs is 3. The molecule has 5 rings (SSSR count). The van der Waals surface area contributed by atoms with Gasteiger partial charge in [-0.2, -0.15) is 0 Å². The van der Waals surface area contributed by atoms with E-state index in [0.717, 1.165) is 43.4 Å². The number of phenols is 1. The number of anilines is 1. The summed E-state index contributed by atoms with van der Waals surface area (Å²) in [4.78, 5) is 0.301. The van der Waals surface area contributed by atoms with Crippen LogP contribution in [0.2, 0.25) is 10.0 Å². The highest BCUT2D eigenvalue weighted by Gasteiger charge is 2.40. The van der Waals surface area contributed by atoms with Crippen molar-refractivity contribution in [2.45, 2.75) is 61.4 Å². The van der Waals surface area contributed by atoms with Crippen LogP contribution in [0.15, 0.2) is 47.4 Å². The van der Waals surface area contributed by atoms with Gasteiger partial charge in [-0.05, 0) is 61.1 Å².